The molecule has 0 radical (unpaired) electrons. The molecule has 0 aliphatic rings. The van der Waals surface area contributed by atoms with Gasteiger partial charge < -0.3 is 9.84 Å². The van der Waals surface area contributed by atoms with Crippen molar-refractivity contribution < 1.29 is 14.6 Å². The van der Waals surface area contributed by atoms with Crippen molar-refractivity contribution in [3.63, 3.8) is 0 Å². The number of benzene rings is 1. The minimum Gasteiger partial charge on any atom is -0.507 e. The molecule has 1 aromatic carbocycles. The van der Waals surface area contributed by atoms with Crippen molar-refractivity contribution in [1.82, 2.24) is 0 Å². The number of phenolic OH excluding ortho intramolecular Hbond substituents is 1. The molecule has 22 heavy (non-hydrogen) atoms. The highest BCUT2D eigenvalue weighted by Crippen LogP contribution is 2.29. The number of allylic oxidation sites excluding steroid dienone is 1. The Labute approximate surface area is 134 Å². The first-order valence-corrected chi connectivity index (χ1v) is 8.36. The number of aldehydes is 1. The van der Waals surface area contributed by atoms with Gasteiger partial charge in [0, 0.05) is 0 Å². The highest BCUT2D eigenvalue weighted by atomic mass is 16.5. The quantitative estimate of drug-likeness (QED) is 0.331. The molecule has 0 unspecified atom stereocenters. The maximum Gasteiger partial charge on any atom is 0.142 e. The molecule has 0 amide bonds. The lowest BCUT2D eigenvalue weighted by Crippen LogP contribution is -1.99. The topological polar surface area (TPSA) is 46.5 Å². The molecule has 0 fully saturated rings. The third kappa shape index (κ3) is 7.30. The number of hydrogen-bond donors (Lipinski definition) is 1. The number of rotatable bonds is 12. The molecule has 0 heterocycles. The summed E-state index contributed by atoms with van der Waals surface area (Å²) in [6.45, 7) is 2.87. The van der Waals surface area contributed by atoms with Gasteiger partial charge in [0.25, 0.3) is 0 Å². The zero-order chi connectivity index (χ0) is 16.0. The van der Waals surface area contributed by atoms with Crippen LogP contribution in [0.25, 0.3) is 6.08 Å². The van der Waals surface area contributed by atoms with Gasteiger partial charge in [0.05, 0.1) is 12.2 Å². The molecule has 0 spiro atoms. The summed E-state index contributed by atoms with van der Waals surface area (Å²) in [6, 6.07) is 5.15. The number of unbranched alkanes of at least 4 members (excludes halogenated alkanes) is 7. The van der Waals surface area contributed by atoms with Gasteiger partial charge in [-0.3, -0.25) is 4.79 Å². The Kier molecular flexibility index (Phi) is 9.84. The van der Waals surface area contributed by atoms with Gasteiger partial charge in [-0.2, -0.15) is 0 Å². The second-order valence-electron chi connectivity index (χ2n) is 5.51. The van der Waals surface area contributed by atoms with Gasteiger partial charge in [0.2, 0.25) is 0 Å². The minimum absolute atomic E-state index is 0.131. The van der Waals surface area contributed by atoms with Crippen LogP contribution in [0.3, 0.4) is 0 Å². The van der Waals surface area contributed by atoms with E-state index in [4.69, 9.17) is 4.74 Å². The van der Waals surface area contributed by atoms with E-state index in [9.17, 15) is 9.90 Å². The Hall–Kier alpha value is -1.77. The summed E-state index contributed by atoms with van der Waals surface area (Å²) in [6.07, 6.45) is 13.7. The van der Waals surface area contributed by atoms with Crippen molar-refractivity contribution in [3.05, 3.63) is 29.8 Å². The lowest BCUT2D eigenvalue weighted by Gasteiger charge is -2.10. The van der Waals surface area contributed by atoms with Crippen LogP contribution in [0, 0.1) is 0 Å². The van der Waals surface area contributed by atoms with Crippen molar-refractivity contribution in [2.45, 2.75) is 58.3 Å². The van der Waals surface area contributed by atoms with E-state index < -0.39 is 0 Å². The average molecular weight is 304 g/mol. The van der Waals surface area contributed by atoms with Gasteiger partial charge in [0.15, 0.2) is 0 Å². The van der Waals surface area contributed by atoms with Crippen LogP contribution in [0.15, 0.2) is 24.3 Å². The predicted octanol–water partition coefficient (Wildman–Crippen LogP) is 5.12. The van der Waals surface area contributed by atoms with Crippen LogP contribution in [-0.4, -0.2) is 18.0 Å². The van der Waals surface area contributed by atoms with Crippen LogP contribution in [0.2, 0.25) is 0 Å². The standard InChI is InChI=1S/C19H28O3/c1-2-3-4-5-6-7-8-9-16-22-19-14-10-13-18(21)17(19)12-11-15-20/h10-15,21H,2-9,16H2,1H3. The number of carbonyl (C=O) groups is 1. The number of ether oxygens (including phenoxy) is 1. The molecular formula is C19H28O3. The summed E-state index contributed by atoms with van der Waals surface area (Å²) < 4.78 is 5.73. The molecule has 0 atom stereocenters. The first-order valence-electron chi connectivity index (χ1n) is 8.36. The molecule has 0 saturated carbocycles. The van der Waals surface area contributed by atoms with Gasteiger partial charge in [-0.15, -0.1) is 0 Å². The molecule has 0 aliphatic carbocycles. The normalized spacial score (nSPS) is 11.0. The Morgan fingerprint density at radius 1 is 1.05 bits per heavy atom. The summed E-state index contributed by atoms with van der Waals surface area (Å²) in [5.41, 5.74) is 0.564. The Morgan fingerprint density at radius 2 is 1.73 bits per heavy atom. The molecule has 0 saturated heterocycles. The van der Waals surface area contributed by atoms with Gasteiger partial charge in [0.1, 0.15) is 17.8 Å². The highest BCUT2D eigenvalue weighted by molar-refractivity contribution is 5.77. The summed E-state index contributed by atoms with van der Waals surface area (Å²) >= 11 is 0. The molecule has 3 heteroatoms. The summed E-state index contributed by atoms with van der Waals surface area (Å²) in [7, 11) is 0. The van der Waals surface area contributed by atoms with Gasteiger partial charge in [-0.1, -0.05) is 57.9 Å². The Morgan fingerprint density at radius 3 is 2.41 bits per heavy atom. The lowest BCUT2D eigenvalue weighted by atomic mass is 10.1. The molecule has 0 aliphatic heterocycles. The fourth-order valence-electron chi connectivity index (χ4n) is 2.38. The maximum atomic E-state index is 10.4. The van der Waals surface area contributed by atoms with Gasteiger partial charge >= 0.3 is 0 Å². The van der Waals surface area contributed by atoms with E-state index in [2.05, 4.69) is 6.92 Å². The zero-order valence-corrected chi connectivity index (χ0v) is 13.6. The first kappa shape index (κ1) is 18.3. The van der Waals surface area contributed by atoms with Gasteiger partial charge in [-0.25, -0.2) is 0 Å². The fourth-order valence-corrected chi connectivity index (χ4v) is 2.38. The summed E-state index contributed by atoms with van der Waals surface area (Å²) in [5.74, 6) is 0.757. The Bertz CT molecular complexity index is 452. The lowest BCUT2D eigenvalue weighted by molar-refractivity contribution is -0.104. The number of hydrogen-bond acceptors (Lipinski definition) is 3. The molecule has 0 aromatic heterocycles. The van der Waals surface area contributed by atoms with Crippen LogP contribution in [-0.2, 0) is 4.79 Å². The van der Waals surface area contributed by atoms with Crippen molar-refractivity contribution in [1.29, 1.82) is 0 Å². The third-order valence-corrected chi connectivity index (χ3v) is 3.64. The van der Waals surface area contributed by atoms with E-state index in [1.165, 1.54) is 51.0 Å². The number of aromatic hydroxyl groups is 1. The second kappa shape index (κ2) is 11.8. The summed E-state index contributed by atoms with van der Waals surface area (Å²) in [4.78, 5) is 10.4. The maximum absolute atomic E-state index is 10.4. The third-order valence-electron chi connectivity index (χ3n) is 3.64. The molecule has 1 rings (SSSR count). The molecule has 1 aromatic rings. The van der Waals surface area contributed by atoms with Crippen LogP contribution in [0.4, 0.5) is 0 Å². The van der Waals surface area contributed by atoms with Crippen LogP contribution in [0.5, 0.6) is 11.5 Å². The second-order valence-corrected chi connectivity index (χ2v) is 5.51. The fraction of sp³-hybridized carbons (Fsp3) is 0.526. The molecule has 1 N–H and O–H groups in total. The molecular weight excluding hydrogens is 276 g/mol. The monoisotopic (exact) mass is 304 g/mol. The van der Waals surface area contributed by atoms with Crippen molar-refractivity contribution in [2.75, 3.05) is 6.61 Å². The van der Waals surface area contributed by atoms with Gasteiger partial charge in [-0.05, 0) is 30.7 Å². The van der Waals surface area contributed by atoms with E-state index in [0.29, 0.717) is 24.2 Å². The molecule has 122 valence electrons. The van der Waals surface area contributed by atoms with Crippen molar-refractivity contribution >= 4 is 12.4 Å². The first-order chi connectivity index (χ1) is 10.8. The smallest absolute Gasteiger partial charge is 0.142 e. The molecule has 0 bridgehead atoms. The summed E-state index contributed by atoms with van der Waals surface area (Å²) in [5, 5.41) is 9.81. The SMILES string of the molecule is CCCCCCCCCCOc1cccc(O)c1C=CC=O. The van der Waals surface area contributed by atoms with Crippen molar-refractivity contribution in [2.24, 2.45) is 0 Å². The number of phenols is 1. The molecule has 3 nitrogen and oxygen atoms in total. The van der Waals surface area contributed by atoms with E-state index in [1.54, 1.807) is 18.2 Å². The zero-order valence-electron chi connectivity index (χ0n) is 13.6. The minimum atomic E-state index is 0.131. The van der Waals surface area contributed by atoms with E-state index in [0.717, 1.165) is 6.42 Å². The predicted molar refractivity (Wildman–Crippen MR) is 91.3 cm³/mol. The highest BCUT2D eigenvalue weighted by Gasteiger charge is 2.05. The van der Waals surface area contributed by atoms with Crippen LogP contribution >= 0.6 is 0 Å². The average Bonchev–Trinajstić information content (AvgIpc) is 2.52. The van der Waals surface area contributed by atoms with E-state index in [1.807, 2.05) is 6.07 Å². The van der Waals surface area contributed by atoms with Crippen molar-refractivity contribution in [3.8, 4) is 11.5 Å². The number of carbonyl (C=O) groups excluding carboxylic acids is 1. The van der Waals surface area contributed by atoms with E-state index >= 15 is 0 Å². The van der Waals surface area contributed by atoms with Crippen LogP contribution < -0.4 is 4.74 Å². The Balaban J connectivity index is 2.26. The largest absolute Gasteiger partial charge is 0.507 e. The van der Waals surface area contributed by atoms with E-state index in [-0.39, 0.29) is 5.75 Å². The van der Waals surface area contributed by atoms with Crippen LogP contribution in [0.1, 0.15) is 63.9 Å².